The first-order valence-corrected chi connectivity index (χ1v) is 6.70. The number of piperidine rings is 1. The van der Waals surface area contributed by atoms with Gasteiger partial charge >= 0.3 is 0 Å². The molecule has 0 aliphatic carbocycles. The maximum Gasteiger partial charge on any atom is 0.219 e. The molecule has 2 rings (SSSR count). The third-order valence-electron chi connectivity index (χ3n) is 3.52. The van der Waals surface area contributed by atoms with Crippen LogP contribution in [0.15, 0.2) is 24.3 Å². The Morgan fingerprint density at radius 3 is 2.39 bits per heavy atom. The Bertz CT molecular complexity index is 391. The highest BCUT2D eigenvalue weighted by molar-refractivity contribution is 5.73. The highest BCUT2D eigenvalue weighted by atomic mass is 16.5. The van der Waals surface area contributed by atoms with Crippen molar-refractivity contribution in [2.24, 2.45) is 0 Å². The summed E-state index contributed by atoms with van der Waals surface area (Å²) in [5, 5.41) is 0. The van der Waals surface area contributed by atoms with Gasteiger partial charge in [-0.2, -0.15) is 0 Å². The molecule has 18 heavy (non-hydrogen) atoms. The number of benzene rings is 1. The molecule has 98 valence electrons. The van der Waals surface area contributed by atoms with E-state index in [1.54, 1.807) is 6.92 Å². The Balaban J connectivity index is 1.85. The average Bonchev–Trinajstić information content (AvgIpc) is 2.40. The Morgan fingerprint density at radius 1 is 1.28 bits per heavy atom. The van der Waals surface area contributed by atoms with E-state index >= 15 is 0 Å². The van der Waals surface area contributed by atoms with Crippen molar-refractivity contribution in [1.29, 1.82) is 0 Å². The van der Waals surface area contributed by atoms with Crippen LogP contribution in [0.25, 0.3) is 0 Å². The molecule has 3 nitrogen and oxygen atoms in total. The summed E-state index contributed by atoms with van der Waals surface area (Å²) in [6.45, 7) is 5.40. The van der Waals surface area contributed by atoms with Crippen LogP contribution in [-0.2, 0) is 11.2 Å². The second kappa shape index (κ2) is 5.89. The molecule has 0 spiro atoms. The van der Waals surface area contributed by atoms with Crippen molar-refractivity contribution in [1.82, 2.24) is 4.90 Å². The van der Waals surface area contributed by atoms with Crippen LogP contribution in [0.2, 0.25) is 0 Å². The van der Waals surface area contributed by atoms with Crippen LogP contribution in [0, 0.1) is 0 Å². The number of nitrogens with zero attached hydrogens (tertiary/aromatic N) is 1. The van der Waals surface area contributed by atoms with Gasteiger partial charge in [0, 0.05) is 32.9 Å². The fraction of sp³-hybridized carbons (Fsp3) is 0.533. The number of hydrogen-bond acceptors (Lipinski definition) is 2. The van der Waals surface area contributed by atoms with E-state index in [2.05, 4.69) is 19.1 Å². The van der Waals surface area contributed by atoms with Gasteiger partial charge in [-0.05, 0) is 24.1 Å². The molecule has 0 N–H and O–H groups in total. The lowest BCUT2D eigenvalue weighted by Gasteiger charge is -2.31. The number of likely N-dealkylation sites (tertiary alicyclic amines) is 1. The maximum absolute atomic E-state index is 11.2. The molecule has 1 saturated heterocycles. The first-order chi connectivity index (χ1) is 8.69. The minimum Gasteiger partial charge on any atom is -0.490 e. The first kappa shape index (κ1) is 12.9. The molecule has 1 aromatic rings. The second-order valence-corrected chi connectivity index (χ2v) is 4.82. The van der Waals surface area contributed by atoms with E-state index in [0.717, 1.165) is 38.1 Å². The summed E-state index contributed by atoms with van der Waals surface area (Å²) in [4.78, 5) is 13.1. The van der Waals surface area contributed by atoms with Crippen LogP contribution >= 0.6 is 0 Å². The molecular formula is C15H21NO2. The van der Waals surface area contributed by atoms with Crippen molar-refractivity contribution < 1.29 is 9.53 Å². The van der Waals surface area contributed by atoms with Crippen LogP contribution in [0.3, 0.4) is 0 Å². The molecule has 1 aliphatic rings. The van der Waals surface area contributed by atoms with Gasteiger partial charge in [-0.3, -0.25) is 4.79 Å². The zero-order chi connectivity index (χ0) is 13.0. The zero-order valence-corrected chi connectivity index (χ0v) is 11.2. The Labute approximate surface area is 109 Å². The van der Waals surface area contributed by atoms with Gasteiger partial charge in [0.1, 0.15) is 11.9 Å². The molecule has 0 saturated carbocycles. The fourth-order valence-corrected chi connectivity index (χ4v) is 2.28. The van der Waals surface area contributed by atoms with Crippen LogP contribution in [0.1, 0.15) is 32.3 Å². The topological polar surface area (TPSA) is 29.5 Å². The van der Waals surface area contributed by atoms with Gasteiger partial charge < -0.3 is 9.64 Å². The lowest BCUT2D eigenvalue weighted by Crippen LogP contribution is -2.40. The van der Waals surface area contributed by atoms with Gasteiger partial charge in [-0.1, -0.05) is 19.1 Å². The van der Waals surface area contributed by atoms with Gasteiger partial charge in [0.2, 0.25) is 5.91 Å². The smallest absolute Gasteiger partial charge is 0.219 e. The molecule has 0 aromatic heterocycles. The monoisotopic (exact) mass is 247 g/mol. The number of hydrogen-bond donors (Lipinski definition) is 0. The van der Waals surface area contributed by atoms with E-state index in [1.165, 1.54) is 5.56 Å². The fourth-order valence-electron chi connectivity index (χ4n) is 2.28. The minimum absolute atomic E-state index is 0.167. The van der Waals surface area contributed by atoms with Gasteiger partial charge in [-0.25, -0.2) is 0 Å². The van der Waals surface area contributed by atoms with Crippen molar-refractivity contribution in [3.05, 3.63) is 29.8 Å². The van der Waals surface area contributed by atoms with E-state index in [9.17, 15) is 4.79 Å². The number of carbonyl (C=O) groups excluding carboxylic acids is 1. The summed E-state index contributed by atoms with van der Waals surface area (Å²) in [7, 11) is 0. The molecule has 1 heterocycles. The highest BCUT2D eigenvalue weighted by Gasteiger charge is 2.21. The molecule has 0 unspecified atom stereocenters. The molecule has 1 aliphatic heterocycles. The molecule has 3 heteroatoms. The normalized spacial score (nSPS) is 16.7. The number of ether oxygens (including phenoxy) is 1. The van der Waals surface area contributed by atoms with Crippen molar-refractivity contribution in [2.75, 3.05) is 13.1 Å². The van der Waals surface area contributed by atoms with Crippen molar-refractivity contribution in [2.45, 2.75) is 39.2 Å². The van der Waals surface area contributed by atoms with Crippen LogP contribution < -0.4 is 4.74 Å². The molecule has 1 amide bonds. The maximum atomic E-state index is 11.2. The zero-order valence-electron chi connectivity index (χ0n) is 11.2. The third-order valence-corrected chi connectivity index (χ3v) is 3.52. The van der Waals surface area contributed by atoms with E-state index in [-0.39, 0.29) is 12.0 Å². The quantitative estimate of drug-likeness (QED) is 0.821. The summed E-state index contributed by atoms with van der Waals surface area (Å²) in [5.74, 6) is 1.11. The van der Waals surface area contributed by atoms with Crippen LogP contribution in [0.4, 0.5) is 0 Å². The van der Waals surface area contributed by atoms with Crippen molar-refractivity contribution in [3.8, 4) is 5.75 Å². The second-order valence-electron chi connectivity index (χ2n) is 4.82. The number of rotatable bonds is 3. The summed E-state index contributed by atoms with van der Waals surface area (Å²) in [5.41, 5.74) is 1.33. The number of amides is 1. The summed E-state index contributed by atoms with van der Waals surface area (Å²) in [6.07, 6.45) is 3.15. The van der Waals surface area contributed by atoms with Gasteiger partial charge in [0.05, 0.1) is 0 Å². The lowest BCUT2D eigenvalue weighted by atomic mass is 10.1. The van der Waals surface area contributed by atoms with Crippen molar-refractivity contribution in [3.63, 3.8) is 0 Å². The molecule has 0 radical (unpaired) electrons. The number of carbonyl (C=O) groups is 1. The first-order valence-electron chi connectivity index (χ1n) is 6.70. The molecule has 0 bridgehead atoms. The Kier molecular flexibility index (Phi) is 4.24. The predicted octanol–water partition coefficient (Wildman–Crippen LogP) is 2.64. The summed E-state index contributed by atoms with van der Waals surface area (Å²) >= 11 is 0. The van der Waals surface area contributed by atoms with Crippen molar-refractivity contribution >= 4 is 5.91 Å². The van der Waals surface area contributed by atoms with Gasteiger partial charge in [0.15, 0.2) is 0 Å². The molecule has 1 aromatic carbocycles. The van der Waals surface area contributed by atoms with E-state index in [1.807, 2.05) is 17.0 Å². The minimum atomic E-state index is 0.167. The van der Waals surface area contributed by atoms with E-state index < -0.39 is 0 Å². The average molecular weight is 247 g/mol. The third kappa shape index (κ3) is 3.25. The largest absolute Gasteiger partial charge is 0.490 e. The molecular weight excluding hydrogens is 226 g/mol. The number of aryl methyl sites for hydroxylation is 1. The predicted molar refractivity (Wildman–Crippen MR) is 71.7 cm³/mol. The van der Waals surface area contributed by atoms with E-state index in [4.69, 9.17) is 4.74 Å². The van der Waals surface area contributed by atoms with Crippen LogP contribution in [0.5, 0.6) is 5.75 Å². The molecule has 0 atom stereocenters. The summed E-state index contributed by atoms with van der Waals surface area (Å²) in [6, 6.07) is 8.30. The standard InChI is InChI=1S/C15H21NO2/c1-3-13-4-6-14(7-5-13)18-15-8-10-16(11-9-15)12(2)17/h4-7,15H,3,8-11H2,1-2H3. The summed E-state index contributed by atoms with van der Waals surface area (Å²) < 4.78 is 5.94. The van der Waals surface area contributed by atoms with Crippen LogP contribution in [-0.4, -0.2) is 30.0 Å². The Morgan fingerprint density at radius 2 is 1.89 bits per heavy atom. The highest BCUT2D eigenvalue weighted by Crippen LogP contribution is 2.19. The lowest BCUT2D eigenvalue weighted by molar-refractivity contribution is -0.130. The van der Waals surface area contributed by atoms with Gasteiger partial charge in [0.25, 0.3) is 0 Å². The Hall–Kier alpha value is -1.51. The molecule has 1 fully saturated rings. The SMILES string of the molecule is CCc1ccc(OC2CCN(C(C)=O)CC2)cc1. The van der Waals surface area contributed by atoms with E-state index in [0.29, 0.717) is 0 Å². The van der Waals surface area contributed by atoms with Gasteiger partial charge in [-0.15, -0.1) is 0 Å².